The number of hydrogen-bond donors (Lipinski definition) is 1. The number of amides is 1. The molecule has 1 fully saturated rings. The highest BCUT2D eigenvalue weighted by Gasteiger charge is 2.34. The number of nitrogens with one attached hydrogen (secondary N) is 1. The lowest BCUT2D eigenvalue weighted by Gasteiger charge is -2.20. The predicted molar refractivity (Wildman–Crippen MR) is 104 cm³/mol. The molecule has 2 aromatic rings. The predicted octanol–water partition coefficient (Wildman–Crippen LogP) is 3.36. The Morgan fingerprint density at radius 1 is 1.19 bits per heavy atom. The minimum absolute atomic E-state index is 0.0160. The molecule has 0 saturated carbocycles. The van der Waals surface area contributed by atoms with Gasteiger partial charge in [-0.1, -0.05) is 6.07 Å². The molecule has 168 valence electrons. The first-order valence-electron chi connectivity index (χ1n) is 9.57. The third-order valence-electron chi connectivity index (χ3n) is 4.86. The first kappa shape index (κ1) is 22.7. The van der Waals surface area contributed by atoms with Crippen molar-refractivity contribution >= 4 is 11.9 Å². The fourth-order valence-electron chi connectivity index (χ4n) is 3.29. The van der Waals surface area contributed by atoms with E-state index in [-0.39, 0.29) is 23.7 Å². The van der Waals surface area contributed by atoms with E-state index in [4.69, 9.17) is 9.47 Å². The van der Waals surface area contributed by atoms with Crippen LogP contribution in [-0.4, -0.2) is 49.8 Å². The summed E-state index contributed by atoms with van der Waals surface area (Å²) in [5.41, 5.74) is -1.24. The fourth-order valence-corrected chi connectivity index (χ4v) is 3.29. The van der Waals surface area contributed by atoms with E-state index in [9.17, 15) is 22.4 Å². The van der Waals surface area contributed by atoms with E-state index < -0.39 is 29.5 Å². The lowest BCUT2D eigenvalue weighted by molar-refractivity contribution is -0.140. The molecule has 7 nitrogen and oxygen atoms in total. The van der Waals surface area contributed by atoms with Crippen LogP contribution in [0.1, 0.15) is 40.5 Å². The number of rotatable bonds is 7. The molecule has 2 heterocycles. The van der Waals surface area contributed by atoms with Crippen LogP contribution in [0.15, 0.2) is 24.3 Å². The summed E-state index contributed by atoms with van der Waals surface area (Å²) in [6, 6.07) is 2.94. The Morgan fingerprint density at radius 2 is 1.90 bits per heavy atom. The maximum Gasteiger partial charge on any atom is 0.419 e. The van der Waals surface area contributed by atoms with Crippen LogP contribution in [0.2, 0.25) is 0 Å². The number of methoxy groups -OCH3 is 2. The standard InChI is InChI=1S/C20H22F4N4O3/c1-30-11-16(12-5-6-13(14(21)9-12)20(22,23)24)25-18(29)15-10-17(31-2)27-19(26-15)28-7-3-4-8-28/h5-6,9-10,16H,3-4,7-8,11H2,1-2H3,(H,25,29). The second-order valence-corrected chi connectivity index (χ2v) is 7.01. The van der Waals surface area contributed by atoms with Crippen molar-refractivity contribution in [3.63, 3.8) is 0 Å². The van der Waals surface area contributed by atoms with Crippen molar-refractivity contribution in [1.82, 2.24) is 15.3 Å². The van der Waals surface area contributed by atoms with Gasteiger partial charge in [0.25, 0.3) is 5.91 Å². The van der Waals surface area contributed by atoms with Crippen LogP contribution in [0.5, 0.6) is 5.88 Å². The van der Waals surface area contributed by atoms with Crippen molar-refractivity contribution in [3.8, 4) is 5.88 Å². The Labute approximate surface area is 176 Å². The first-order chi connectivity index (χ1) is 14.7. The van der Waals surface area contributed by atoms with Gasteiger partial charge in [0.2, 0.25) is 11.8 Å². The molecule has 1 saturated heterocycles. The lowest BCUT2D eigenvalue weighted by atomic mass is 10.0. The van der Waals surface area contributed by atoms with Gasteiger partial charge in [-0.25, -0.2) is 9.37 Å². The molecule has 11 heteroatoms. The normalized spacial score (nSPS) is 15.1. The summed E-state index contributed by atoms with van der Waals surface area (Å²) >= 11 is 0. The van der Waals surface area contributed by atoms with Gasteiger partial charge in [-0.05, 0) is 30.5 Å². The monoisotopic (exact) mass is 442 g/mol. The van der Waals surface area contributed by atoms with Crippen LogP contribution < -0.4 is 15.0 Å². The summed E-state index contributed by atoms with van der Waals surface area (Å²) in [6.07, 6.45) is -2.85. The first-order valence-corrected chi connectivity index (χ1v) is 9.57. The number of alkyl halides is 3. The Morgan fingerprint density at radius 3 is 2.48 bits per heavy atom. The average molecular weight is 442 g/mol. The minimum atomic E-state index is -4.81. The number of ether oxygens (including phenoxy) is 2. The van der Waals surface area contributed by atoms with Gasteiger partial charge in [-0.15, -0.1) is 0 Å². The molecule has 1 aliphatic rings. The molecule has 1 atom stereocenters. The van der Waals surface area contributed by atoms with E-state index in [1.165, 1.54) is 20.3 Å². The van der Waals surface area contributed by atoms with Crippen LogP contribution in [0, 0.1) is 5.82 Å². The zero-order valence-electron chi connectivity index (χ0n) is 17.0. The maximum atomic E-state index is 14.0. The molecule has 1 aliphatic heterocycles. The Hall–Kier alpha value is -2.95. The van der Waals surface area contributed by atoms with Crippen molar-refractivity contribution in [2.45, 2.75) is 25.1 Å². The van der Waals surface area contributed by atoms with Crippen LogP contribution in [0.4, 0.5) is 23.5 Å². The highest BCUT2D eigenvalue weighted by Crippen LogP contribution is 2.32. The van der Waals surface area contributed by atoms with Gasteiger partial charge in [-0.3, -0.25) is 4.79 Å². The third-order valence-corrected chi connectivity index (χ3v) is 4.86. The molecule has 1 aromatic heterocycles. The van der Waals surface area contributed by atoms with E-state index in [1.54, 1.807) is 0 Å². The summed E-state index contributed by atoms with van der Waals surface area (Å²) in [5, 5.41) is 2.63. The molecule has 1 aromatic carbocycles. The summed E-state index contributed by atoms with van der Waals surface area (Å²) in [4.78, 5) is 23.3. The van der Waals surface area contributed by atoms with Crippen LogP contribution in [0.3, 0.4) is 0 Å². The molecule has 1 amide bonds. The van der Waals surface area contributed by atoms with Gasteiger partial charge >= 0.3 is 6.18 Å². The molecule has 3 rings (SSSR count). The van der Waals surface area contributed by atoms with Crippen LogP contribution in [-0.2, 0) is 10.9 Å². The number of carbonyl (C=O) groups is 1. The fraction of sp³-hybridized carbons (Fsp3) is 0.450. The largest absolute Gasteiger partial charge is 0.481 e. The summed E-state index contributed by atoms with van der Waals surface area (Å²) in [5.74, 6) is -1.50. The number of aromatic nitrogens is 2. The molecule has 0 radical (unpaired) electrons. The minimum Gasteiger partial charge on any atom is -0.481 e. The Bertz CT molecular complexity index is 933. The van der Waals surface area contributed by atoms with E-state index in [2.05, 4.69) is 15.3 Å². The quantitative estimate of drug-likeness (QED) is 0.663. The van der Waals surface area contributed by atoms with Crippen molar-refractivity contribution in [2.75, 3.05) is 38.8 Å². The van der Waals surface area contributed by atoms with Crippen molar-refractivity contribution < 1.29 is 31.8 Å². The van der Waals surface area contributed by atoms with Gasteiger partial charge in [0.15, 0.2) is 0 Å². The van der Waals surface area contributed by atoms with Gasteiger partial charge in [0.1, 0.15) is 11.5 Å². The second-order valence-electron chi connectivity index (χ2n) is 7.01. The van der Waals surface area contributed by atoms with Crippen LogP contribution in [0.25, 0.3) is 0 Å². The smallest absolute Gasteiger partial charge is 0.419 e. The van der Waals surface area contributed by atoms with E-state index in [0.717, 1.165) is 38.1 Å². The lowest BCUT2D eigenvalue weighted by Crippen LogP contribution is -2.33. The van der Waals surface area contributed by atoms with Gasteiger partial charge in [0, 0.05) is 26.3 Å². The number of hydrogen-bond acceptors (Lipinski definition) is 6. The summed E-state index contributed by atoms with van der Waals surface area (Å²) in [6.45, 7) is 1.43. The van der Waals surface area contributed by atoms with Gasteiger partial charge < -0.3 is 19.7 Å². The number of anilines is 1. The molecule has 31 heavy (non-hydrogen) atoms. The summed E-state index contributed by atoms with van der Waals surface area (Å²) < 4.78 is 62.7. The SMILES string of the molecule is COCC(NC(=O)c1cc(OC)nc(N2CCCC2)n1)c1ccc(C(F)(F)F)c(F)c1. The molecule has 1 N–H and O–H groups in total. The number of halogens is 4. The third kappa shape index (κ3) is 5.40. The van der Waals surface area contributed by atoms with E-state index in [1.807, 2.05) is 4.90 Å². The topological polar surface area (TPSA) is 76.6 Å². The second kappa shape index (κ2) is 9.46. The number of carbonyl (C=O) groups excluding carboxylic acids is 1. The average Bonchev–Trinajstić information content (AvgIpc) is 3.27. The zero-order chi connectivity index (χ0) is 22.6. The molecular formula is C20H22F4N4O3. The van der Waals surface area contributed by atoms with Crippen molar-refractivity contribution in [1.29, 1.82) is 0 Å². The maximum absolute atomic E-state index is 14.0. The highest BCUT2D eigenvalue weighted by molar-refractivity contribution is 5.93. The van der Waals surface area contributed by atoms with Crippen molar-refractivity contribution in [2.24, 2.45) is 0 Å². The van der Waals surface area contributed by atoms with Crippen LogP contribution >= 0.6 is 0 Å². The zero-order valence-corrected chi connectivity index (χ0v) is 17.0. The molecule has 0 bridgehead atoms. The molecule has 1 unspecified atom stereocenters. The van der Waals surface area contributed by atoms with Gasteiger partial charge in [0.05, 0.1) is 25.3 Å². The van der Waals surface area contributed by atoms with Gasteiger partial charge in [-0.2, -0.15) is 18.2 Å². The Kier molecular flexibility index (Phi) is 6.94. The molecular weight excluding hydrogens is 420 g/mol. The highest BCUT2D eigenvalue weighted by atomic mass is 19.4. The van der Waals surface area contributed by atoms with Crippen molar-refractivity contribution in [3.05, 3.63) is 46.9 Å². The Balaban J connectivity index is 1.85. The van der Waals surface area contributed by atoms with E-state index >= 15 is 0 Å². The molecule has 0 spiro atoms. The summed E-state index contributed by atoms with van der Waals surface area (Å²) in [7, 11) is 2.77. The number of nitrogens with zero attached hydrogens (tertiary/aromatic N) is 3. The molecule has 0 aliphatic carbocycles. The van der Waals surface area contributed by atoms with E-state index in [0.29, 0.717) is 12.0 Å². The number of benzene rings is 1.